The number of rotatable bonds is 7. The number of hydrogen-bond acceptors (Lipinski definition) is 6. The molecule has 9 heteroatoms. The van der Waals surface area contributed by atoms with Crippen LogP contribution in [0.3, 0.4) is 0 Å². The first-order chi connectivity index (χ1) is 12.2. The van der Waals surface area contributed by atoms with E-state index in [-0.39, 0.29) is 11.8 Å². The molecule has 0 unspecified atom stereocenters. The topological polar surface area (TPSA) is 65.4 Å². The van der Waals surface area contributed by atoms with Crippen molar-refractivity contribution in [2.75, 3.05) is 6.26 Å². The van der Waals surface area contributed by atoms with E-state index in [1.54, 1.807) is 18.4 Å². The molecule has 0 bridgehead atoms. The second-order valence-electron chi connectivity index (χ2n) is 4.81. The van der Waals surface area contributed by atoms with Crippen LogP contribution in [0.5, 0.6) is 5.75 Å². The first kappa shape index (κ1) is 17.2. The van der Waals surface area contributed by atoms with Crippen LogP contribution in [0.2, 0.25) is 0 Å². The number of nitrogens with zero attached hydrogens (tertiary/aromatic N) is 4. The third kappa shape index (κ3) is 4.24. The molecule has 3 aromatic rings. The molecule has 130 valence electrons. The van der Waals surface area contributed by atoms with Crippen molar-refractivity contribution in [2.45, 2.75) is 18.2 Å². The Morgan fingerprint density at radius 3 is 2.76 bits per heavy atom. The van der Waals surface area contributed by atoms with Gasteiger partial charge in [-0.2, -0.15) is 9.78 Å². The zero-order valence-electron chi connectivity index (χ0n) is 13.2. The molecule has 0 saturated carbocycles. The van der Waals surface area contributed by atoms with E-state index in [1.165, 1.54) is 18.0 Å². The molecule has 0 aliphatic rings. The van der Waals surface area contributed by atoms with Crippen LogP contribution >= 0.6 is 11.8 Å². The van der Waals surface area contributed by atoms with E-state index >= 15 is 0 Å². The summed E-state index contributed by atoms with van der Waals surface area (Å²) in [5.74, 6) is 1.21. The highest BCUT2D eigenvalue weighted by molar-refractivity contribution is 7.98. The molecule has 0 atom stereocenters. The van der Waals surface area contributed by atoms with Gasteiger partial charge in [0.2, 0.25) is 11.0 Å². The lowest BCUT2D eigenvalue weighted by Crippen LogP contribution is -2.00. The predicted octanol–water partition coefficient (Wildman–Crippen LogP) is 3.99. The minimum atomic E-state index is -2.77. The number of halogens is 2. The van der Waals surface area contributed by atoms with Crippen LogP contribution in [-0.4, -0.2) is 27.3 Å². The average molecular weight is 364 g/mol. The Morgan fingerprint density at radius 2 is 2.04 bits per heavy atom. The molecule has 2 aromatic heterocycles. The highest BCUT2D eigenvalue weighted by atomic mass is 32.2. The fourth-order valence-electron chi connectivity index (χ4n) is 1.98. The lowest BCUT2D eigenvalue weighted by molar-refractivity contribution is 0.135. The number of ether oxygens (including phenoxy) is 1. The highest BCUT2D eigenvalue weighted by Crippen LogP contribution is 2.21. The number of para-hydroxylation sites is 1. The molecule has 0 spiro atoms. The predicted molar refractivity (Wildman–Crippen MR) is 89.2 cm³/mol. The van der Waals surface area contributed by atoms with E-state index in [4.69, 9.17) is 9.15 Å². The summed E-state index contributed by atoms with van der Waals surface area (Å²) < 4.78 is 38.0. The first-order valence-corrected chi connectivity index (χ1v) is 8.48. The minimum Gasteiger partial charge on any atom is -0.486 e. The smallest absolute Gasteiger partial charge is 0.299 e. The summed E-state index contributed by atoms with van der Waals surface area (Å²) >= 11 is 1.17. The van der Waals surface area contributed by atoms with Gasteiger partial charge in [0.15, 0.2) is 0 Å². The van der Waals surface area contributed by atoms with E-state index in [0.29, 0.717) is 11.5 Å². The quantitative estimate of drug-likeness (QED) is 0.468. The third-order valence-corrected chi connectivity index (χ3v) is 3.74. The van der Waals surface area contributed by atoms with Crippen molar-refractivity contribution in [2.24, 2.45) is 5.10 Å². The Kier molecular flexibility index (Phi) is 5.44. The maximum atomic E-state index is 12.9. The summed E-state index contributed by atoms with van der Waals surface area (Å²) in [7, 11) is 0. The van der Waals surface area contributed by atoms with Gasteiger partial charge in [0.05, 0.1) is 6.21 Å². The lowest BCUT2D eigenvalue weighted by Gasteiger charge is -2.03. The van der Waals surface area contributed by atoms with Crippen molar-refractivity contribution in [1.29, 1.82) is 0 Å². The van der Waals surface area contributed by atoms with Crippen LogP contribution in [0.4, 0.5) is 8.78 Å². The number of benzene rings is 1. The molecule has 25 heavy (non-hydrogen) atoms. The summed E-state index contributed by atoms with van der Waals surface area (Å²) in [4.78, 5) is 0. The van der Waals surface area contributed by atoms with E-state index in [2.05, 4.69) is 15.3 Å². The summed E-state index contributed by atoms with van der Waals surface area (Å²) in [6, 6.07) is 12.7. The van der Waals surface area contributed by atoms with Crippen molar-refractivity contribution in [3.05, 3.63) is 59.8 Å². The zero-order chi connectivity index (χ0) is 17.6. The van der Waals surface area contributed by atoms with Crippen LogP contribution in [-0.2, 0) is 6.61 Å². The molecule has 0 fully saturated rings. The lowest BCUT2D eigenvalue weighted by atomic mass is 10.3. The molecule has 1 aromatic carbocycles. The number of thioether (sulfide) groups is 1. The maximum Gasteiger partial charge on any atom is 0.299 e. The van der Waals surface area contributed by atoms with Crippen LogP contribution in [0.25, 0.3) is 0 Å². The normalized spacial score (nSPS) is 11.5. The Balaban J connectivity index is 1.69. The minimum absolute atomic E-state index is 0.253. The summed E-state index contributed by atoms with van der Waals surface area (Å²) in [5, 5.41) is 11.4. The van der Waals surface area contributed by atoms with Crippen LogP contribution < -0.4 is 4.74 Å². The molecular weight excluding hydrogens is 350 g/mol. The van der Waals surface area contributed by atoms with Gasteiger partial charge in [0, 0.05) is 0 Å². The van der Waals surface area contributed by atoms with Crippen molar-refractivity contribution in [3.8, 4) is 5.75 Å². The molecule has 0 aliphatic carbocycles. The van der Waals surface area contributed by atoms with E-state index in [0.717, 1.165) is 10.4 Å². The van der Waals surface area contributed by atoms with Crippen molar-refractivity contribution in [3.63, 3.8) is 0 Å². The Labute approximate surface area is 146 Å². The average Bonchev–Trinajstić information content (AvgIpc) is 3.25. The fraction of sp³-hybridized carbons (Fsp3) is 0.188. The molecule has 2 heterocycles. The van der Waals surface area contributed by atoms with Crippen molar-refractivity contribution in [1.82, 2.24) is 14.9 Å². The van der Waals surface area contributed by atoms with Gasteiger partial charge < -0.3 is 9.15 Å². The Hall–Kier alpha value is -2.68. The second-order valence-corrected chi connectivity index (χ2v) is 5.58. The van der Waals surface area contributed by atoms with Gasteiger partial charge in [-0.05, 0) is 30.5 Å². The van der Waals surface area contributed by atoms with Crippen LogP contribution in [0.1, 0.15) is 23.8 Å². The molecular formula is C16H14F2N4O2S. The van der Waals surface area contributed by atoms with Crippen LogP contribution in [0, 0.1) is 0 Å². The molecule has 3 rings (SSSR count). The first-order valence-electron chi connectivity index (χ1n) is 7.25. The number of aromatic nitrogens is 3. The number of alkyl halides is 2. The third-order valence-electron chi connectivity index (χ3n) is 3.12. The summed E-state index contributed by atoms with van der Waals surface area (Å²) in [5.41, 5.74) is 0. The SMILES string of the molecule is CSc1nnc(C(F)F)n1/N=C/c1ccc(COc2ccccc2)o1. The summed E-state index contributed by atoms with van der Waals surface area (Å²) in [6.45, 7) is 0.253. The molecule has 0 amide bonds. The Morgan fingerprint density at radius 1 is 1.24 bits per heavy atom. The van der Waals surface area contributed by atoms with Gasteiger partial charge in [0.1, 0.15) is 23.9 Å². The van der Waals surface area contributed by atoms with Gasteiger partial charge in [-0.1, -0.05) is 30.0 Å². The van der Waals surface area contributed by atoms with Gasteiger partial charge in [0.25, 0.3) is 6.43 Å². The largest absolute Gasteiger partial charge is 0.486 e. The maximum absolute atomic E-state index is 12.9. The molecule has 0 saturated heterocycles. The van der Waals surface area contributed by atoms with Gasteiger partial charge >= 0.3 is 0 Å². The summed E-state index contributed by atoms with van der Waals surface area (Å²) in [6.07, 6.45) is 0.273. The van der Waals surface area contributed by atoms with Gasteiger partial charge in [-0.15, -0.1) is 10.2 Å². The zero-order valence-corrected chi connectivity index (χ0v) is 14.0. The molecule has 0 N–H and O–H groups in total. The van der Waals surface area contributed by atoms with E-state index in [9.17, 15) is 8.78 Å². The Bertz CT molecular complexity index is 849. The highest BCUT2D eigenvalue weighted by Gasteiger charge is 2.19. The number of hydrogen-bond donors (Lipinski definition) is 0. The van der Waals surface area contributed by atoms with Crippen molar-refractivity contribution < 1.29 is 17.9 Å². The van der Waals surface area contributed by atoms with Crippen LogP contribution in [0.15, 0.2) is 57.1 Å². The standard InChI is InChI=1S/C16H14F2N4O2S/c1-25-16-21-20-15(14(17)18)22(16)19-9-12-7-8-13(24-12)10-23-11-5-3-2-4-6-11/h2-9,14H,10H2,1H3/b19-9+. The van der Waals surface area contributed by atoms with E-state index in [1.807, 2.05) is 30.3 Å². The van der Waals surface area contributed by atoms with Gasteiger partial charge in [-0.25, -0.2) is 8.78 Å². The number of furan rings is 1. The van der Waals surface area contributed by atoms with E-state index < -0.39 is 12.2 Å². The van der Waals surface area contributed by atoms with Crippen molar-refractivity contribution >= 4 is 18.0 Å². The fourth-order valence-corrected chi connectivity index (χ4v) is 2.41. The monoisotopic (exact) mass is 364 g/mol. The molecule has 6 nitrogen and oxygen atoms in total. The van der Waals surface area contributed by atoms with Gasteiger partial charge in [-0.3, -0.25) is 0 Å². The molecule has 0 aliphatic heterocycles. The molecule has 0 radical (unpaired) electrons. The second kappa shape index (κ2) is 7.93.